The Morgan fingerprint density at radius 2 is 1.51 bits per heavy atom. The van der Waals surface area contributed by atoms with E-state index < -0.39 is 30.6 Å². The summed E-state index contributed by atoms with van der Waals surface area (Å²) in [6, 6.07) is 22.2. The van der Waals surface area contributed by atoms with Gasteiger partial charge in [0, 0.05) is 16.8 Å². The normalized spacial score (nSPS) is 12.8. The lowest BCUT2D eigenvalue weighted by atomic mass is 9.98. The number of carbonyl (C=O) groups is 3. The number of halogens is 1. The van der Waals surface area contributed by atoms with Gasteiger partial charge in [0.25, 0.3) is 5.91 Å². The van der Waals surface area contributed by atoms with Crippen molar-refractivity contribution >= 4 is 33.9 Å². The first kappa shape index (κ1) is 24.4. The maximum Gasteiger partial charge on any atom is 0.407 e. The largest absolute Gasteiger partial charge is 0.479 e. The van der Waals surface area contributed by atoms with Gasteiger partial charge < -0.3 is 15.2 Å². The van der Waals surface area contributed by atoms with Crippen LogP contribution in [0.1, 0.15) is 22.6 Å². The smallest absolute Gasteiger partial charge is 0.407 e. The molecule has 0 fully saturated rings. The Labute approximate surface area is 210 Å². The molecule has 4 rings (SSSR count). The molecule has 3 aromatic carbocycles. The molecule has 1 atom stereocenters. The van der Waals surface area contributed by atoms with Crippen LogP contribution in [0.2, 0.25) is 0 Å². The van der Waals surface area contributed by atoms with E-state index in [1.54, 1.807) is 0 Å². The number of alkyl carbamates (subject to hydrolysis) is 1. The molecule has 0 saturated heterocycles. The molecule has 2 amide bonds. The van der Waals surface area contributed by atoms with Crippen molar-refractivity contribution < 1.29 is 29.1 Å². The molecular formula is C26H23BrN2O6. The molecule has 0 radical (unpaired) electrons. The van der Waals surface area contributed by atoms with Crippen molar-refractivity contribution in [3.05, 3.63) is 94.0 Å². The first-order chi connectivity index (χ1) is 16.9. The van der Waals surface area contributed by atoms with Crippen LogP contribution in [0.5, 0.6) is 0 Å². The fraction of sp³-hybridized carbons (Fsp3) is 0.192. The molecule has 0 saturated carbocycles. The number of hydroxylamine groups is 1. The third-order valence-corrected chi connectivity index (χ3v) is 6.20. The second-order valence-electron chi connectivity index (χ2n) is 8.00. The van der Waals surface area contributed by atoms with Crippen LogP contribution in [0.25, 0.3) is 11.1 Å². The van der Waals surface area contributed by atoms with Gasteiger partial charge in [-0.15, -0.1) is 0 Å². The van der Waals surface area contributed by atoms with Gasteiger partial charge in [0.05, 0.1) is 0 Å². The van der Waals surface area contributed by atoms with E-state index in [0.29, 0.717) is 0 Å². The summed E-state index contributed by atoms with van der Waals surface area (Å²) < 4.78 is 6.42. The molecule has 3 N–H and O–H groups in total. The van der Waals surface area contributed by atoms with E-state index in [2.05, 4.69) is 26.7 Å². The van der Waals surface area contributed by atoms with E-state index in [1.165, 1.54) is 0 Å². The number of carbonyl (C=O) groups excluding carboxylic acids is 2. The number of rotatable bonds is 9. The quantitative estimate of drug-likeness (QED) is 0.354. The van der Waals surface area contributed by atoms with Gasteiger partial charge in [-0.1, -0.05) is 76.6 Å². The number of ether oxygens (including phenoxy) is 1. The fourth-order valence-electron chi connectivity index (χ4n) is 4.09. The van der Waals surface area contributed by atoms with Crippen molar-refractivity contribution in [2.75, 3.05) is 13.2 Å². The Morgan fingerprint density at radius 3 is 2.11 bits per heavy atom. The second-order valence-corrected chi connectivity index (χ2v) is 8.92. The minimum absolute atomic E-state index is 0.0992. The van der Waals surface area contributed by atoms with Crippen molar-refractivity contribution in [2.45, 2.75) is 18.4 Å². The lowest BCUT2D eigenvalue weighted by Gasteiger charge is -2.19. The number of aliphatic carboxylic acids is 1. The number of carboxylic acid groups (broad SMARTS) is 1. The molecule has 1 aliphatic carbocycles. The standard InChI is InChI=1S/C26H23BrN2O6/c27-17-11-9-16(10-12-17)13-23(25(32)29-35-15-24(30)31)28-26(33)34-14-22-20-7-3-1-5-18(20)19-6-2-4-8-21(19)22/h1-12,22-23H,13-15H2,(H,28,33)(H,29,32)(H,30,31)/t23-/m1/s1. The zero-order valence-electron chi connectivity index (χ0n) is 18.6. The minimum atomic E-state index is -1.24. The number of fused-ring (bicyclic) bond motifs is 3. The summed E-state index contributed by atoms with van der Waals surface area (Å²) in [5.41, 5.74) is 7.23. The van der Waals surface area contributed by atoms with Crippen LogP contribution in [-0.2, 0) is 25.6 Å². The Hall–Kier alpha value is -3.69. The molecule has 0 spiro atoms. The zero-order valence-corrected chi connectivity index (χ0v) is 20.2. The van der Waals surface area contributed by atoms with Gasteiger partial charge in [-0.3, -0.25) is 9.63 Å². The molecular weight excluding hydrogens is 516 g/mol. The summed E-state index contributed by atoms with van der Waals surface area (Å²) in [6.07, 6.45) is -0.609. The summed E-state index contributed by atoms with van der Waals surface area (Å²) in [4.78, 5) is 40.7. The van der Waals surface area contributed by atoms with E-state index in [4.69, 9.17) is 14.7 Å². The average molecular weight is 539 g/mol. The average Bonchev–Trinajstić information content (AvgIpc) is 3.17. The molecule has 3 aromatic rings. The van der Waals surface area contributed by atoms with E-state index in [-0.39, 0.29) is 18.9 Å². The van der Waals surface area contributed by atoms with Crippen LogP contribution >= 0.6 is 15.9 Å². The number of hydrogen-bond acceptors (Lipinski definition) is 5. The number of carboxylic acids is 1. The Morgan fingerprint density at radius 1 is 0.914 bits per heavy atom. The number of benzene rings is 3. The summed E-state index contributed by atoms with van der Waals surface area (Å²) in [7, 11) is 0. The molecule has 0 bridgehead atoms. The van der Waals surface area contributed by atoms with Crippen molar-refractivity contribution in [3.63, 3.8) is 0 Å². The highest BCUT2D eigenvalue weighted by atomic mass is 79.9. The van der Waals surface area contributed by atoms with Crippen molar-refractivity contribution in [1.29, 1.82) is 0 Å². The number of amides is 2. The van der Waals surface area contributed by atoms with Crippen molar-refractivity contribution in [3.8, 4) is 11.1 Å². The monoisotopic (exact) mass is 538 g/mol. The van der Waals surface area contributed by atoms with E-state index in [9.17, 15) is 14.4 Å². The molecule has 1 aliphatic rings. The summed E-state index contributed by atoms with van der Waals surface area (Å²) in [5, 5.41) is 11.3. The third-order valence-electron chi connectivity index (χ3n) is 5.67. The van der Waals surface area contributed by atoms with Crippen LogP contribution in [-0.4, -0.2) is 42.3 Å². The Bertz CT molecular complexity index is 1190. The second kappa shape index (κ2) is 11.2. The van der Waals surface area contributed by atoms with E-state index >= 15 is 0 Å². The molecule has 0 heterocycles. The first-order valence-corrected chi connectivity index (χ1v) is 11.7. The van der Waals surface area contributed by atoms with Crippen LogP contribution < -0.4 is 10.8 Å². The minimum Gasteiger partial charge on any atom is -0.479 e. The van der Waals surface area contributed by atoms with Gasteiger partial charge in [-0.05, 0) is 39.9 Å². The maximum absolute atomic E-state index is 12.7. The van der Waals surface area contributed by atoms with Gasteiger partial charge in [0.15, 0.2) is 6.61 Å². The molecule has 8 nitrogen and oxygen atoms in total. The molecule has 0 aliphatic heterocycles. The van der Waals surface area contributed by atoms with E-state index in [0.717, 1.165) is 32.3 Å². The van der Waals surface area contributed by atoms with Crippen LogP contribution in [0.4, 0.5) is 4.79 Å². The highest BCUT2D eigenvalue weighted by Crippen LogP contribution is 2.44. The lowest BCUT2D eigenvalue weighted by Crippen LogP contribution is -2.48. The van der Waals surface area contributed by atoms with Crippen LogP contribution in [0.3, 0.4) is 0 Å². The molecule has 0 aromatic heterocycles. The van der Waals surface area contributed by atoms with Gasteiger partial charge in [0.2, 0.25) is 0 Å². The summed E-state index contributed by atoms with van der Waals surface area (Å²) in [5.74, 6) is -2.05. The SMILES string of the molecule is O=C(O)CONC(=O)[C@@H](Cc1ccc(Br)cc1)NC(=O)OCC1c2ccccc2-c2ccccc21. The summed E-state index contributed by atoms with van der Waals surface area (Å²) in [6.45, 7) is -0.607. The Kier molecular flexibility index (Phi) is 7.79. The van der Waals surface area contributed by atoms with Crippen LogP contribution in [0.15, 0.2) is 77.3 Å². The van der Waals surface area contributed by atoms with Gasteiger partial charge in [0.1, 0.15) is 12.6 Å². The summed E-state index contributed by atoms with van der Waals surface area (Å²) >= 11 is 3.36. The molecule has 35 heavy (non-hydrogen) atoms. The fourth-order valence-corrected chi connectivity index (χ4v) is 4.35. The highest BCUT2D eigenvalue weighted by Gasteiger charge is 2.30. The maximum atomic E-state index is 12.7. The molecule has 0 unspecified atom stereocenters. The topological polar surface area (TPSA) is 114 Å². The van der Waals surface area contributed by atoms with Gasteiger partial charge >= 0.3 is 12.1 Å². The number of hydrogen-bond donors (Lipinski definition) is 3. The lowest BCUT2D eigenvalue weighted by molar-refractivity contribution is -0.150. The van der Waals surface area contributed by atoms with Gasteiger partial charge in [-0.2, -0.15) is 0 Å². The first-order valence-electron chi connectivity index (χ1n) is 10.9. The molecule has 9 heteroatoms. The third kappa shape index (κ3) is 6.06. The van der Waals surface area contributed by atoms with Crippen molar-refractivity contribution in [1.82, 2.24) is 10.8 Å². The Balaban J connectivity index is 1.43. The predicted molar refractivity (Wildman–Crippen MR) is 132 cm³/mol. The number of nitrogens with one attached hydrogen (secondary N) is 2. The van der Waals surface area contributed by atoms with Crippen molar-refractivity contribution in [2.24, 2.45) is 0 Å². The van der Waals surface area contributed by atoms with Gasteiger partial charge in [-0.25, -0.2) is 15.1 Å². The van der Waals surface area contributed by atoms with Crippen LogP contribution in [0, 0.1) is 0 Å². The highest BCUT2D eigenvalue weighted by molar-refractivity contribution is 9.10. The molecule has 180 valence electrons. The van der Waals surface area contributed by atoms with E-state index in [1.807, 2.05) is 72.8 Å². The predicted octanol–water partition coefficient (Wildman–Crippen LogP) is 4.03. The zero-order chi connectivity index (χ0) is 24.8.